The molecule has 148 valence electrons. The van der Waals surface area contributed by atoms with E-state index in [0.717, 1.165) is 0 Å². The molecule has 1 aromatic heterocycles. The van der Waals surface area contributed by atoms with Crippen LogP contribution in [0.5, 0.6) is 5.75 Å². The van der Waals surface area contributed by atoms with Gasteiger partial charge in [0, 0.05) is 11.3 Å². The number of furan rings is 1. The highest BCUT2D eigenvalue weighted by Gasteiger charge is 2.23. The van der Waals surface area contributed by atoms with Gasteiger partial charge in [0.1, 0.15) is 5.75 Å². The van der Waals surface area contributed by atoms with Crippen molar-refractivity contribution in [2.24, 2.45) is 0 Å². The Kier molecular flexibility index (Phi) is 4.81. The molecule has 0 fully saturated rings. The van der Waals surface area contributed by atoms with E-state index in [1.165, 1.54) is 24.5 Å². The lowest BCUT2D eigenvalue weighted by atomic mass is 10.2. The number of fused-ring (bicyclic) bond motifs is 1. The van der Waals surface area contributed by atoms with Gasteiger partial charge in [-0.05, 0) is 36.4 Å². The van der Waals surface area contributed by atoms with Gasteiger partial charge in [-0.1, -0.05) is 18.2 Å². The van der Waals surface area contributed by atoms with Crippen molar-refractivity contribution >= 4 is 33.0 Å². The number of sulfone groups is 1. The van der Waals surface area contributed by atoms with Gasteiger partial charge in [-0.2, -0.15) is 0 Å². The van der Waals surface area contributed by atoms with Gasteiger partial charge in [0.15, 0.2) is 22.2 Å². The Morgan fingerprint density at radius 3 is 2.69 bits per heavy atom. The van der Waals surface area contributed by atoms with Crippen LogP contribution >= 0.6 is 0 Å². The number of hydrogen-bond acceptors (Lipinski definition) is 6. The van der Waals surface area contributed by atoms with Crippen LogP contribution in [0.2, 0.25) is 0 Å². The van der Waals surface area contributed by atoms with Crippen LogP contribution < -0.4 is 15.4 Å². The first-order chi connectivity index (χ1) is 13.9. The maximum Gasteiger partial charge on any atom is 0.291 e. The molecule has 0 bridgehead atoms. The molecule has 3 aromatic rings. The van der Waals surface area contributed by atoms with Gasteiger partial charge in [-0.15, -0.1) is 0 Å². The van der Waals surface area contributed by atoms with E-state index in [2.05, 4.69) is 10.6 Å². The lowest BCUT2D eigenvalue weighted by Gasteiger charge is -2.18. The smallest absolute Gasteiger partial charge is 0.291 e. The molecular weight excluding hydrogens is 396 g/mol. The van der Waals surface area contributed by atoms with Gasteiger partial charge in [0.25, 0.3) is 11.8 Å². The third-order valence-electron chi connectivity index (χ3n) is 4.27. The Labute approximate surface area is 166 Å². The van der Waals surface area contributed by atoms with Crippen molar-refractivity contribution < 1.29 is 27.2 Å². The van der Waals surface area contributed by atoms with E-state index in [4.69, 9.17) is 9.15 Å². The third-order valence-corrected chi connectivity index (χ3v) is 5.95. The Morgan fingerprint density at radius 2 is 1.90 bits per heavy atom. The molecule has 9 heteroatoms. The molecule has 2 amide bonds. The topological polar surface area (TPSA) is 115 Å². The maximum atomic E-state index is 12.6. The fourth-order valence-corrected chi connectivity index (χ4v) is 4.29. The molecule has 0 radical (unpaired) electrons. The molecule has 0 unspecified atom stereocenters. The van der Waals surface area contributed by atoms with E-state index in [1.54, 1.807) is 36.4 Å². The van der Waals surface area contributed by atoms with E-state index >= 15 is 0 Å². The van der Waals surface area contributed by atoms with Crippen LogP contribution in [-0.4, -0.2) is 26.8 Å². The van der Waals surface area contributed by atoms with Gasteiger partial charge < -0.3 is 19.8 Å². The first-order valence-corrected chi connectivity index (χ1v) is 10.3. The van der Waals surface area contributed by atoms with Crippen molar-refractivity contribution in [3.63, 3.8) is 0 Å². The number of rotatable bonds is 5. The number of anilines is 2. The minimum Gasteiger partial charge on any atom is -0.482 e. The Morgan fingerprint density at radius 1 is 1.10 bits per heavy atom. The first-order valence-electron chi connectivity index (χ1n) is 8.64. The number of nitrogens with one attached hydrogen (secondary N) is 2. The highest BCUT2D eigenvalue weighted by Crippen LogP contribution is 2.31. The number of carbonyl (C=O) groups is 2. The Balaban J connectivity index is 1.53. The second-order valence-electron chi connectivity index (χ2n) is 6.35. The average molecular weight is 412 g/mol. The molecule has 2 heterocycles. The molecule has 1 aliphatic heterocycles. The number of amides is 2. The summed E-state index contributed by atoms with van der Waals surface area (Å²) in [7, 11) is -3.63. The monoisotopic (exact) mass is 412 g/mol. The Hall–Kier alpha value is -3.59. The van der Waals surface area contributed by atoms with E-state index in [0.29, 0.717) is 17.1 Å². The van der Waals surface area contributed by atoms with Gasteiger partial charge in [0.05, 0.1) is 22.6 Å². The van der Waals surface area contributed by atoms with Crippen molar-refractivity contribution in [1.82, 2.24) is 0 Å². The van der Waals surface area contributed by atoms with Crippen molar-refractivity contribution in [2.45, 2.75) is 10.6 Å². The molecule has 0 saturated carbocycles. The number of hydrogen-bond donors (Lipinski definition) is 2. The van der Waals surface area contributed by atoms with Crippen LogP contribution in [0.3, 0.4) is 0 Å². The summed E-state index contributed by atoms with van der Waals surface area (Å²) in [6.45, 7) is -0.0651. The molecule has 0 spiro atoms. The maximum absolute atomic E-state index is 12.6. The van der Waals surface area contributed by atoms with E-state index in [1.807, 2.05) is 0 Å². The largest absolute Gasteiger partial charge is 0.482 e. The predicted octanol–water partition coefficient (Wildman–Crippen LogP) is 2.84. The number of benzene rings is 2. The fraction of sp³-hybridized carbons (Fsp3) is 0.100. The Bertz CT molecular complexity index is 1180. The van der Waals surface area contributed by atoms with Crippen LogP contribution in [0, 0.1) is 0 Å². The average Bonchev–Trinajstić information content (AvgIpc) is 3.16. The van der Waals surface area contributed by atoms with E-state index < -0.39 is 15.7 Å². The second kappa shape index (κ2) is 7.44. The summed E-state index contributed by atoms with van der Waals surface area (Å²) >= 11 is 0. The molecule has 2 N–H and O–H groups in total. The lowest BCUT2D eigenvalue weighted by molar-refractivity contribution is -0.118. The zero-order valence-corrected chi connectivity index (χ0v) is 15.9. The van der Waals surface area contributed by atoms with Crippen LogP contribution in [0.1, 0.15) is 16.1 Å². The number of ether oxygens (including phenoxy) is 1. The molecule has 2 aromatic carbocycles. The van der Waals surface area contributed by atoms with Crippen LogP contribution in [0.25, 0.3) is 0 Å². The molecule has 0 aliphatic carbocycles. The van der Waals surface area contributed by atoms with Crippen molar-refractivity contribution in [3.8, 4) is 5.75 Å². The van der Waals surface area contributed by atoms with Crippen molar-refractivity contribution in [1.29, 1.82) is 0 Å². The second-order valence-corrected chi connectivity index (χ2v) is 8.34. The zero-order valence-electron chi connectivity index (χ0n) is 15.0. The molecule has 29 heavy (non-hydrogen) atoms. The lowest BCUT2D eigenvalue weighted by Crippen LogP contribution is -2.25. The van der Waals surface area contributed by atoms with Gasteiger partial charge in [-0.3, -0.25) is 9.59 Å². The summed E-state index contributed by atoms with van der Waals surface area (Å²) in [6, 6.07) is 14.2. The summed E-state index contributed by atoms with van der Waals surface area (Å²) in [5.41, 5.74) is 1.08. The van der Waals surface area contributed by atoms with Crippen molar-refractivity contribution in [2.75, 3.05) is 17.2 Å². The summed E-state index contributed by atoms with van der Waals surface area (Å²) in [5, 5.41) is 5.29. The summed E-state index contributed by atoms with van der Waals surface area (Å²) in [4.78, 5) is 24.2. The highest BCUT2D eigenvalue weighted by molar-refractivity contribution is 7.90. The SMILES string of the molecule is O=C1COc2ccc(NC(=O)c3occc3CS(=O)(=O)c3ccccc3)cc2N1. The molecule has 1 aliphatic rings. The number of carbonyl (C=O) groups excluding carboxylic acids is 2. The minimum atomic E-state index is -3.63. The first kappa shape index (κ1) is 18.8. The molecule has 0 atom stereocenters. The van der Waals surface area contributed by atoms with Gasteiger partial charge in [-0.25, -0.2) is 8.42 Å². The van der Waals surface area contributed by atoms with E-state index in [-0.39, 0.29) is 34.5 Å². The highest BCUT2D eigenvalue weighted by atomic mass is 32.2. The summed E-state index contributed by atoms with van der Waals surface area (Å²) < 4.78 is 35.7. The summed E-state index contributed by atoms with van der Waals surface area (Å²) in [6.07, 6.45) is 1.27. The third kappa shape index (κ3) is 3.99. The van der Waals surface area contributed by atoms with Crippen molar-refractivity contribution in [3.05, 3.63) is 72.2 Å². The van der Waals surface area contributed by atoms with Crippen LogP contribution in [0.4, 0.5) is 11.4 Å². The molecule has 8 nitrogen and oxygen atoms in total. The fourth-order valence-electron chi connectivity index (χ4n) is 2.91. The van der Waals surface area contributed by atoms with E-state index in [9.17, 15) is 18.0 Å². The normalized spacial score (nSPS) is 13.2. The molecule has 0 saturated heterocycles. The summed E-state index contributed by atoms with van der Waals surface area (Å²) in [5.74, 6) is -0.862. The minimum absolute atomic E-state index is 0.0651. The predicted molar refractivity (Wildman–Crippen MR) is 105 cm³/mol. The van der Waals surface area contributed by atoms with Crippen LogP contribution in [0.15, 0.2) is 70.2 Å². The standard InChI is InChI=1S/C20H16N2O6S/c23-18-11-28-17-7-6-14(10-16(17)22-18)21-20(24)19-13(8-9-27-19)12-29(25,26)15-4-2-1-3-5-15/h1-10H,11-12H2,(H,21,24)(H,22,23). The zero-order chi connectivity index (χ0) is 20.4. The van der Waals surface area contributed by atoms with Gasteiger partial charge >= 0.3 is 0 Å². The van der Waals surface area contributed by atoms with Gasteiger partial charge in [0.2, 0.25) is 0 Å². The molecular formula is C20H16N2O6S. The quantitative estimate of drug-likeness (QED) is 0.666. The van der Waals surface area contributed by atoms with Crippen LogP contribution in [-0.2, 0) is 20.4 Å². The molecule has 4 rings (SSSR count).